The Morgan fingerprint density at radius 1 is 1.21 bits per heavy atom. The normalized spacial score (nSPS) is 15.1. The molecule has 1 atom stereocenters. The number of hydrogen-bond acceptors (Lipinski definition) is 8. The van der Waals surface area contributed by atoms with Gasteiger partial charge in [0, 0.05) is 19.3 Å². The van der Waals surface area contributed by atoms with E-state index in [9.17, 15) is 14.0 Å². The average molecular weight is 473 g/mol. The molecule has 1 aliphatic heterocycles. The number of ether oxygens (including phenoxy) is 1. The van der Waals surface area contributed by atoms with Crippen LogP contribution < -0.4 is 5.32 Å². The minimum atomic E-state index is -0.612. The molecule has 1 unspecified atom stereocenters. The van der Waals surface area contributed by atoms with E-state index in [1.165, 1.54) is 22.3 Å². The van der Waals surface area contributed by atoms with Crippen molar-refractivity contribution in [2.75, 3.05) is 25.1 Å². The van der Waals surface area contributed by atoms with E-state index in [-0.39, 0.29) is 30.3 Å². The van der Waals surface area contributed by atoms with Crippen LogP contribution in [0.2, 0.25) is 0 Å². The summed E-state index contributed by atoms with van der Waals surface area (Å²) in [5.74, 6) is -0.474. The monoisotopic (exact) mass is 472 g/mol. The highest BCUT2D eigenvalue weighted by Gasteiger charge is 2.32. The predicted molar refractivity (Wildman–Crippen MR) is 122 cm³/mol. The molecule has 174 valence electrons. The van der Waals surface area contributed by atoms with Gasteiger partial charge >= 0.3 is 6.09 Å². The molecule has 3 aromatic rings. The Morgan fingerprint density at radius 2 is 1.97 bits per heavy atom. The number of pyridine rings is 1. The van der Waals surface area contributed by atoms with Crippen LogP contribution >= 0.6 is 11.3 Å². The fourth-order valence-electron chi connectivity index (χ4n) is 3.40. The number of thiophene rings is 1. The summed E-state index contributed by atoms with van der Waals surface area (Å²) in [6.45, 7) is 8.11. The minimum absolute atomic E-state index is 0.124. The highest BCUT2D eigenvalue weighted by atomic mass is 32.1. The van der Waals surface area contributed by atoms with Gasteiger partial charge in [-0.2, -0.15) is 0 Å². The van der Waals surface area contributed by atoms with Crippen LogP contribution in [0.25, 0.3) is 10.2 Å². The van der Waals surface area contributed by atoms with Crippen LogP contribution in [0.1, 0.15) is 49.8 Å². The molecular weight excluding hydrogens is 447 g/mol. The first-order chi connectivity index (χ1) is 15.6. The molecule has 1 aliphatic rings. The molecule has 2 amide bonds. The largest absolute Gasteiger partial charge is 0.444 e. The van der Waals surface area contributed by atoms with Crippen LogP contribution in [-0.2, 0) is 4.74 Å². The third-order valence-corrected chi connectivity index (χ3v) is 5.91. The summed E-state index contributed by atoms with van der Waals surface area (Å²) in [5, 5.41) is 4.97. The zero-order chi connectivity index (χ0) is 23.8. The van der Waals surface area contributed by atoms with Crippen LogP contribution in [0, 0.1) is 5.82 Å². The van der Waals surface area contributed by atoms with E-state index < -0.39 is 17.5 Å². The lowest BCUT2D eigenvalue weighted by Crippen LogP contribution is -2.37. The number of rotatable bonds is 4. The lowest BCUT2D eigenvalue weighted by Gasteiger charge is -2.24. The first-order valence-electron chi connectivity index (χ1n) is 10.5. The Kier molecular flexibility index (Phi) is 6.15. The van der Waals surface area contributed by atoms with Crippen molar-refractivity contribution in [2.24, 2.45) is 0 Å². The Labute approximate surface area is 194 Å². The van der Waals surface area contributed by atoms with Crippen molar-refractivity contribution in [3.8, 4) is 0 Å². The molecule has 3 aromatic heterocycles. The lowest BCUT2D eigenvalue weighted by atomic mass is 10.1. The molecule has 0 aromatic carbocycles. The summed E-state index contributed by atoms with van der Waals surface area (Å²) in [6.07, 6.45) is 2.24. The van der Waals surface area contributed by atoms with Crippen LogP contribution in [0.15, 0.2) is 29.9 Å². The van der Waals surface area contributed by atoms with Crippen LogP contribution in [0.4, 0.5) is 15.1 Å². The van der Waals surface area contributed by atoms with Gasteiger partial charge in [-0.25, -0.2) is 19.2 Å². The van der Waals surface area contributed by atoms with Crippen molar-refractivity contribution in [3.05, 3.63) is 47.0 Å². The molecule has 0 bridgehead atoms. The van der Waals surface area contributed by atoms with E-state index >= 15 is 0 Å². The maximum atomic E-state index is 13.5. The van der Waals surface area contributed by atoms with Crippen LogP contribution in [0.5, 0.6) is 0 Å². The number of anilines is 1. The lowest BCUT2D eigenvalue weighted by molar-refractivity contribution is 0.0265. The summed E-state index contributed by atoms with van der Waals surface area (Å²) in [6, 6.07) is 2.87. The molecule has 0 saturated carbocycles. The molecule has 1 fully saturated rings. The standard InChI is InChI=1S/C22H25FN6O3S/c1-13(14-9-15(23)11-24-10-14)25-20-26-16-5-8-33-18(16)17(27-20)19(30)28-6-7-29(12-28)21(31)32-22(2,3)4/h5,8-11,13H,6-7,12H2,1-4H3,(H,25,26,27). The van der Waals surface area contributed by atoms with Gasteiger partial charge in [0.25, 0.3) is 5.91 Å². The smallest absolute Gasteiger partial charge is 0.411 e. The number of aromatic nitrogens is 3. The molecular formula is C22H25FN6O3S. The van der Waals surface area contributed by atoms with Gasteiger partial charge in [-0.15, -0.1) is 11.3 Å². The highest BCUT2D eigenvalue weighted by Crippen LogP contribution is 2.27. The van der Waals surface area contributed by atoms with E-state index in [2.05, 4.69) is 20.3 Å². The van der Waals surface area contributed by atoms with E-state index in [4.69, 9.17) is 4.74 Å². The molecule has 1 saturated heterocycles. The van der Waals surface area contributed by atoms with Crippen molar-refractivity contribution in [3.63, 3.8) is 0 Å². The second-order valence-corrected chi connectivity index (χ2v) is 9.70. The third kappa shape index (κ3) is 5.19. The fraction of sp³-hybridized carbons (Fsp3) is 0.409. The van der Waals surface area contributed by atoms with Crippen LogP contribution in [0.3, 0.4) is 0 Å². The number of hydrogen-bond donors (Lipinski definition) is 1. The topological polar surface area (TPSA) is 101 Å². The summed E-state index contributed by atoms with van der Waals surface area (Å²) >= 11 is 1.38. The molecule has 0 spiro atoms. The summed E-state index contributed by atoms with van der Waals surface area (Å²) < 4.78 is 19.6. The van der Waals surface area contributed by atoms with E-state index in [1.54, 1.807) is 31.9 Å². The first kappa shape index (κ1) is 22.8. The maximum Gasteiger partial charge on any atom is 0.411 e. The quantitative estimate of drug-likeness (QED) is 0.611. The zero-order valence-electron chi connectivity index (χ0n) is 18.8. The number of nitrogens with zero attached hydrogens (tertiary/aromatic N) is 5. The van der Waals surface area contributed by atoms with E-state index in [0.717, 1.165) is 6.20 Å². The molecule has 9 nitrogen and oxygen atoms in total. The number of halogens is 1. The van der Waals surface area contributed by atoms with Gasteiger partial charge in [0.2, 0.25) is 5.95 Å². The van der Waals surface area contributed by atoms with Gasteiger partial charge in [-0.05, 0) is 50.8 Å². The van der Waals surface area contributed by atoms with Gasteiger partial charge in [0.05, 0.1) is 29.1 Å². The molecule has 0 aliphatic carbocycles. The Bertz CT molecular complexity index is 1190. The SMILES string of the molecule is CC(Nc1nc(C(=O)N2CCN(C(=O)OC(C)(C)C)C2)c2sccc2n1)c1cncc(F)c1. The number of carbonyl (C=O) groups excluding carboxylic acids is 2. The Hall–Kier alpha value is -3.34. The van der Waals surface area contributed by atoms with Crippen molar-refractivity contribution in [2.45, 2.75) is 39.3 Å². The molecule has 1 N–H and O–H groups in total. The molecule has 4 heterocycles. The van der Waals surface area contributed by atoms with Crippen LogP contribution in [-0.4, -0.2) is 62.1 Å². The first-order valence-corrected chi connectivity index (χ1v) is 11.4. The number of amides is 2. The van der Waals surface area contributed by atoms with Gasteiger partial charge in [0.15, 0.2) is 5.69 Å². The van der Waals surface area contributed by atoms with E-state index in [1.807, 2.05) is 18.4 Å². The van der Waals surface area contributed by atoms with Gasteiger partial charge in [0.1, 0.15) is 11.4 Å². The number of carbonyl (C=O) groups is 2. The van der Waals surface area contributed by atoms with Crippen molar-refractivity contribution in [1.82, 2.24) is 24.8 Å². The highest BCUT2D eigenvalue weighted by molar-refractivity contribution is 7.17. The van der Waals surface area contributed by atoms with Gasteiger partial charge < -0.3 is 15.0 Å². The van der Waals surface area contributed by atoms with Gasteiger partial charge in [-0.3, -0.25) is 14.7 Å². The van der Waals surface area contributed by atoms with Crippen molar-refractivity contribution in [1.29, 1.82) is 0 Å². The predicted octanol–water partition coefficient (Wildman–Crippen LogP) is 4.05. The Balaban J connectivity index is 1.54. The van der Waals surface area contributed by atoms with Crippen molar-refractivity contribution < 1.29 is 18.7 Å². The second kappa shape index (κ2) is 8.89. The summed E-state index contributed by atoms with van der Waals surface area (Å²) in [4.78, 5) is 41.6. The Morgan fingerprint density at radius 3 is 2.70 bits per heavy atom. The fourth-order valence-corrected chi connectivity index (χ4v) is 4.21. The summed E-state index contributed by atoms with van der Waals surface area (Å²) in [7, 11) is 0. The third-order valence-electron chi connectivity index (χ3n) is 5.00. The van der Waals surface area contributed by atoms with E-state index in [0.29, 0.717) is 28.9 Å². The number of nitrogens with one attached hydrogen (secondary N) is 1. The second-order valence-electron chi connectivity index (χ2n) is 8.79. The number of fused-ring (bicyclic) bond motifs is 1. The van der Waals surface area contributed by atoms with Gasteiger partial charge in [-0.1, -0.05) is 0 Å². The zero-order valence-corrected chi connectivity index (χ0v) is 19.6. The molecule has 0 radical (unpaired) electrons. The minimum Gasteiger partial charge on any atom is -0.444 e. The van der Waals surface area contributed by atoms with Crippen molar-refractivity contribution >= 4 is 39.5 Å². The molecule has 11 heteroatoms. The summed E-state index contributed by atoms with van der Waals surface area (Å²) in [5.41, 5.74) is 0.907. The molecule has 4 rings (SSSR count). The molecule has 33 heavy (non-hydrogen) atoms. The average Bonchev–Trinajstić information content (AvgIpc) is 3.41. The maximum absolute atomic E-state index is 13.5.